The summed E-state index contributed by atoms with van der Waals surface area (Å²) in [5.41, 5.74) is 0.880. The van der Waals surface area contributed by atoms with Gasteiger partial charge in [-0.3, -0.25) is 0 Å². The van der Waals surface area contributed by atoms with Crippen molar-refractivity contribution < 1.29 is 18.8 Å². The number of benzene rings is 1. The van der Waals surface area contributed by atoms with Crippen molar-refractivity contribution in [2.45, 2.75) is 58.2 Å². The van der Waals surface area contributed by atoms with Crippen LogP contribution in [0.25, 0.3) is 0 Å². The number of unbranched alkanes of at least 4 members (excludes halogenated alkanes) is 1. The van der Waals surface area contributed by atoms with Gasteiger partial charge in [0, 0.05) is 18.6 Å². The van der Waals surface area contributed by atoms with Gasteiger partial charge < -0.3 is 18.8 Å². The minimum Gasteiger partial charge on any atom is -0.468 e. The minimum atomic E-state index is -0.536. The molecule has 1 saturated heterocycles. The van der Waals surface area contributed by atoms with Crippen molar-refractivity contribution in [2.75, 3.05) is 13.9 Å². The molecule has 0 atom stereocenters. The first kappa shape index (κ1) is 20.1. The molecule has 1 aromatic carbocycles. The Bertz CT molecular complexity index is 641. The fraction of sp³-hybridized carbons (Fsp3) is 0.611. The average molecular weight is 366 g/mol. The number of rotatable bonds is 7. The molecule has 25 heavy (non-hydrogen) atoms. The van der Waals surface area contributed by atoms with Crippen LogP contribution in [0.4, 0.5) is 0 Å². The van der Waals surface area contributed by atoms with Crippen LogP contribution in [0.5, 0.6) is 5.75 Å². The highest BCUT2D eigenvalue weighted by Gasteiger charge is 2.52. The Morgan fingerprint density at radius 1 is 1.20 bits per heavy atom. The van der Waals surface area contributed by atoms with Gasteiger partial charge in [-0.05, 0) is 63.7 Å². The minimum absolute atomic E-state index is 0.132. The molecular formula is C18H25BClNO4. The zero-order valence-corrected chi connectivity index (χ0v) is 16.3. The van der Waals surface area contributed by atoms with Crippen molar-refractivity contribution in [1.29, 1.82) is 5.26 Å². The molecule has 0 amide bonds. The normalized spacial score (nSPS) is 18.2. The fourth-order valence-electron chi connectivity index (χ4n) is 2.63. The SMILES string of the molecule is COCOc1cc(Cl)c(CCCC#N)c(B2OC(C)(C)C(C)(C)O2)c1. The Kier molecular flexibility index (Phi) is 6.39. The molecule has 1 aliphatic rings. The Morgan fingerprint density at radius 2 is 1.84 bits per heavy atom. The highest BCUT2D eigenvalue weighted by Crippen LogP contribution is 2.37. The van der Waals surface area contributed by atoms with E-state index in [1.165, 1.54) is 0 Å². The molecule has 0 unspecified atom stereocenters. The van der Waals surface area contributed by atoms with Crippen molar-refractivity contribution in [3.63, 3.8) is 0 Å². The van der Waals surface area contributed by atoms with E-state index in [0.717, 1.165) is 17.4 Å². The second kappa shape index (κ2) is 7.97. The van der Waals surface area contributed by atoms with Crippen molar-refractivity contribution in [3.05, 3.63) is 22.7 Å². The Morgan fingerprint density at radius 3 is 2.40 bits per heavy atom. The van der Waals surface area contributed by atoms with Gasteiger partial charge in [-0.25, -0.2) is 0 Å². The van der Waals surface area contributed by atoms with Gasteiger partial charge in [-0.2, -0.15) is 5.26 Å². The molecule has 0 bridgehead atoms. The van der Waals surface area contributed by atoms with Gasteiger partial charge in [-0.1, -0.05) is 11.6 Å². The summed E-state index contributed by atoms with van der Waals surface area (Å²) in [5, 5.41) is 9.39. The second-order valence-electron chi connectivity index (χ2n) is 7.12. The molecule has 136 valence electrons. The molecule has 0 N–H and O–H groups in total. The molecule has 0 aliphatic carbocycles. The van der Waals surface area contributed by atoms with Crippen LogP contribution in [0.1, 0.15) is 46.1 Å². The fourth-order valence-corrected chi connectivity index (χ4v) is 2.94. The molecule has 7 heteroatoms. The first-order valence-electron chi connectivity index (χ1n) is 8.38. The molecule has 1 fully saturated rings. The van der Waals surface area contributed by atoms with Crippen LogP contribution in [0.3, 0.4) is 0 Å². The summed E-state index contributed by atoms with van der Waals surface area (Å²) < 4.78 is 22.9. The lowest BCUT2D eigenvalue weighted by molar-refractivity contribution is 0.00578. The summed E-state index contributed by atoms with van der Waals surface area (Å²) >= 11 is 6.50. The Hall–Kier alpha value is -1.26. The van der Waals surface area contributed by atoms with E-state index in [9.17, 15) is 0 Å². The third kappa shape index (κ3) is 4.48. The van der Waals surface area contributed by atoms with Crippen LogP contribution < -0.4 is 10.2 Å². The number of nitrogens with zero attached hydrogens (tertiary/aromatic N) is 1. The van der Waals surface area contributed by atoms with E-state index in [1.54, 1.807) is 13.2 Å². The monoisotopic (exact) mass is 365 g/mol. The van der Waals surface area contributed by atoms with Gasteiger partial charge in [0.2, 0.25) is 0 Å². The number of hydrogen-bond donors (Lipinski definition) is 0. The van der Waals surface area contributed by atoms with Gasteiger partial charge in [0.15, 0.2) is 6.79 Å². The number of nitriles is 1. The highest BCUT2D eigenvalue weighted by molar-refractivity contribution is 6.63. The van der Waals surface area contributed by atoms with Crippen LogP contribution in [-0.4, -0.2) is 32.2 Å². The Labute approximate surface area is 155 Å². The van der Waals surface area contributed by atoms with E-state index >= 15 is 0 Å². The number of ether oxygens (including phenoxy) is 2. The number of hydrogen-bond acceptors (Lipinski definition) is 5. The maximum atomic E-state index is 8.81. The predicted molar refractivity (Wildman–Crippen MR) is 98.2 cm³/mol. The molecule has 0 saturated carbocycles. The van der Waals surface area contributed by atoms with E-state index < -0.39 is 18.3 Å². The zero-order chi connectivity index (χ0) is 18.7. The molecule has 1 aliphatic heterocycles. The van der Waals surface area contributed by atoms with Crippen LogP contribution in [-0.2, 0) is 20.5 Å². The quantitative estimate of drug-likeness (QED) is 0.420. The van der Waals surface area contributed by atoms with Crippen molar-refractivity contribution in [1.82, 2.24) is 0 Å². The highest BCUT2D eigenvalue weighted by atomic mass is 35.5. The van der Waals surface area contributed by atoms with Gasteiger partial charge in [0.1, 0.15) is 5.75 Å². The van der Waals surface area contributed by atoms with Crippen LogP contribution in [0.2, 0.25) is 5.02 Å². The summed E-state index contributed by atoms with van der Waals surface area (Å²) in [5.74, 6) is 0.598. The predicted octanol–water partition coefficient (Wildman–Crippen LogP) is 3.47. The molecule has 0 radical (unpaired) electrons. The van der Waals surface area contributed by atoms with E-state index in [1.807, 2.05) is 33.8 Å². The maximum absolute atomic E-state index is 8.81. The van der Waals surface area contributed by atoms with Crippen molar-refractivity contribution in [2.24, 2.45) is 0 Å². The van der Waals surface area contributed by atoms with Gasteiger partial charge >= 0.3 is 7.12 Å². The average Bonchev–Trinajstić information content (AvgIpc) is 2.75. The first-order chi connectivity index (χ1) is 11.7. The summed E-state index contributed by atoms with van der Waals surface area (Å²) in [6.07, 6.45) is 1.87. The van der Waals surface area contributed by atoms with Crippen molar-refractivity contribution >= 4 is 24.2 Å². The van der Waals surface area contributed by atoms with E-state index in [-0.39, 0.29) is 6.79 Å². The summed E-state index contributed by atoms with van der Waals surface area (Å²) in [6.45, 7) is 8.17. The third-order valence-corrected chi connectivity index (χ3v) is 5.11. The lowest BCUT2D eigenvalue weighted by Gasteiger charge is -2.32. The standard InChI is InChI=1S/C18H25BClNO4/c1-17(2)18(3,4)25-19(24-17)15-10-13(23-12-22-5)11-16(20)14(15)8-6-7-9-21/h10-11H,6-8,12H2,1-5H3. The van der Waals surface area contributed by atoms with Gasteiger partial charge in [-0.15, -0.1) is 0 Å². The summed E-state index contributed by atoms with van der Waals surface area (Å²) in [4.78, 5) is 0. The molecular weight excluding hydrogens is 340 g/mol. The topological polar surface area (TPSA) is 60.7 Å². The van der Waals surface area contributed by atoms with Gasteiger partial charge in [0.25, 0.3) is 0 Å². The van der Waals surface area contributed by atoms with Crippen LogP contribution in [0.15, 0.2) is 12.1 Å². The lowest BCUT2D eigenvalue weighted by Crippen LogP contribution is -2.41. The van der Waals surface area contributed by atoms with E-state index in [4.69, 9.17) is 35.6 Å². The second-order valence-corrected chi connectivity index (χ2v) is 7.53. The molecule has 2 rings (SSSR count). The molecule has 1 heterocycles. The van der Waals surface area contributed by atoms with Crippen LogP contribution >= 0.6 is 11.6 Å². The van der Waals surface area contributed by atoms with E-state index in [0.29, 0.717) is 23.6 Å². The molecule has 0 aromatic heterocycles. The van der Waals surface area contributed by atoms with E-state index in [2.05, 4.69) is 6.07 Å². The first-order valence-corrected chi connectivity index (χ1v) is 8.76. The van der Waals surface area contributed by atoms with Gasteiger partial charge in [0.05, 0.1) is 17.3 Å². The largest absolute Gasteiger partial charge is 0.495 e. The lowest BCUT2D eigenvalue weighted by atomic mass is 9.74. The number of methoxy groups -OCH3 is 1. The third-order valence-electron chi connectivity index (χ3n) is 4.77. The van der Waals surface area contributed by atoms with Crippen LogP contribution in [0, 0.1) is 11.3 Å². The molecule has 0 spiro atoms. The Balaban J connectivity index is 2.38. The smallest absolute Gasteiger partial charge is 0.468 e. The molecule has 1 aromatic rings. The zero-order valence-electron chi connectivity index (χ0n) is 15.5. The molecule has 5 nitrogen and oxygen atoms in total. The number of halogens is 1. The summed E-state index contributed by atoms with van der Waals surface area (Å²) in [6, 6.07) is 5.81. The summed E-state index contributed by atoms with van der Waals surface area (Å²) in [7, 11) is 1.03. The maximum Gasteiger partial charge on any atom is 0.495 e. The van der Waals surface area contributed by atoms with Crippen molar-refractivity contribution in [3.8, 4) is 11.8 Å².